The Kier molecular flexibility index (Phi) is 3.26. The van der Waals surface area contributed by atoms with Gasteiger partial charge in [0.1, 0.15) is 5.82 Å². The van der Waals surface area contributed by atoms with Crippen molar-refractivity contribution in [3.63, 3.8) is 0 Å². The van der Waals surface area contributed by atoms with Crippen LogP contribution in [0.5, 0.6) is 0 Å². The number of rotatable bonds is 4. The van der Waals surface area contributed by atoms with Gasteiger partial charge in [-0.25, -0.2) is 13.2 Å². The van der Waals surface area contributed by atoms with Crippen molar-refractivity contribution in [1.82, 2.24) is 10.2 Å². The number of aromatic carboxylic acids is 1. The first-order chi connectivity index (χ1) is 8.90. The number of aryl methyl sites for hydroxylation is 1. The highest BCUT2D eigenvalue weighted by molar-refractivity contribution is 7.92. The highest BCUT2D eigenvalue weighted by atomic mass is 32.2. The zero-order chi connectivity index (χ0) is 14.0. The first-order valence-corrected chi connectivity index (χ1v) is 6.74. The van der Waals surface area contributed by atoms with E-state index in [1.165, 1.54) is 24.4 Å². The second-order valence-corrected chi connectivity index (χ2v) is 5.54. The van der Waals surface area contributed by atoms with E-state index in [4.69, 9.17) is 5.11 Å². The molecule has 1 aromatic heterocycles. The topological polar surface area (TPSA) is 112 Å². The van der Waals surface area contributed by atoms with Gasteiger partial charge in [-0.2, -0.15) is 5.10 Å². The molecule has 0 bridgehead atoms. The van der Waals surface area contributed by atoms with Gasteiger partial charge >= 0.3 is 5.97 Å². The number of hydrogen-bond acceptors (Lipinski definition) is 4. The predicted molar refractivity (Wildman–Crippen MR) is 67.5 cm³/mol. The maximum Gasteiger partial charge on any atom is 0.335 e. The third kappa shape index (κ3) is 2.74. The summed E-state index contributed by atoms with van der Waals surface area (Å²) in [6, 6.07) is 5.37. The molecule has 0 aliphatic carbocycles. The number of sulfonamides is 1. The standard InChI is InChI=1S/C11H11N3O4S/c1-7-2-3-8(6-9(7)11(15)16)19(17,18)14-10-4-5-12-13-10/h2-6H,1H3,(H,15,16)(H2,12,13,14). The number of aromatic amines is 1. The van der Waals surface area contributed by atoms with Crippen LogP contribution in [0.3, 0.4) is 0 Å². The van der Waals surface area contributed by atoms with Crippen LogP contribution < -0.4 is 4.72 Å². The molecule has 0 amide bonds. The fourth-order valence-corrected chi connectivity index (χ4v) is 2.56. The zero-order valence-corrected chi connectivity index (χ0v) is 10.7. The van der Waals surface area contributed by atoms with Gasteiger partial charge < -0.3 is 5.11 Å². The number of hydrogen-bond donors (Lipinski definition) is 3. The van der Waals surface area contributed by atoms with Gasteiger partial charge in [0.2, 0.25) is 0 Å². The summed E-state index contributed by atoms with van der Waals surface area (Å²) in [5, 5.41) is 15.1. The lowest BCUT2D eigenvalue weighted by atomic mass is 10.1. The van der Waals surface area contributed by atoms with Crippen LogP contribution in [0, 0.1) is 6.92 Å². The Morgan fingerprint density at radius 2 is 2.11 bits per heavy atom. The van der Waals surface area contributed by atoms with Gasteiger partial charge in [-0.3, -0.25) is 9.82 Å². The van der Waals surface area contributed by atoms with Crippen molar-refractivity contribution >= 4 is 21.8 Å². The molecule has 0 saturated carbocycles. The average Bonchev–Trinajstić information content (AvgIpc) is 2.80. The van der Waals surface area contributed by atoms with E-state index in [2.05, 4.69) is 14.9 Å². The molecule has 3 N–H and O–H groups in total. The molecule has 7 nitrogen and oxygen atoms in total. The maximum absolute atomic E-state index is 12.0. The van der Waals surface area contributed by atoms with Crippen molar-refractivity contribution in [2.75, 3.05) is 4.72 Å². The molecule has 1 aromatic carbocycles. The van der Waals surface area contributed by atoms with Gasteiger partial charge in [0.05, 0.1) is 16.7 Å². The van der Waals surface area contributed by atoms with Crippen LogP contribution in [0.4, 0.5) is 5.82 Å². The second kappa shape index (κ2) is 4.73. The van der Waals surface area contributed by atoms with Gasteiger partial charge in [0.25, 0.3) is 10.0 Å². The van der Waals surface area contributed by atoms with Crippen molar-refractivity contribution in [3.8, 4) is 0 Å². The summed E-state index contributed by atoms with van der Waals surface area (Å²) >= 11 is 0. The van der Waals surface area contributed by atoms with Crippen LogP contribution in [-0.2, 0) is 10.0 Å². The van der Waals surface area contributed by atoms with Gasteiger partial charge in [-0.15, -0.1) is 0 Å². The summed E-state index contributed by atoms with van der Waals surface area (Å²) in [6.45, 7) is 1.60. The summed E-state index contributed by atoms with van der Waals surface area (Å²) in [6.07, 6.45) is 1.40. The van der Waals surface area contributed by atoms with E-state index in [1.807, 2.05) is 0 Å². The van der Waals surface area contributed by atoms with E-state index >= 15 is 0 Å². The molecule has 0 atom stereocenters. The summed E-state index contributed by atoms with van der Waals surface area (Å²) in [5.74, 6) is -0.964. The van der Waals surface area contributed by atoms with Crippen molar-refractivity contribution < 1.29 is 18.3 Å². The molecule has 0 aliphatic heterocycles. The van der Waals surface area contributed by atoms with E-state index in [1.54, 1.807) is 6.92 Å². The molecule has 1 heterocycles. The first-order valence-electron chi connectivity index (χ1n) is 5.26. The molecule has 19 heavy (non-hydrogen) atoms. The van der Waals surface area contributed by atoms with Crippen LogP contribution in [0.1, 0.15) is 15.9 Å². The number of carboxylic acids is 1. The highest BCUT2D eigenvalue weighted by Crippen LogP contribution is 2.18. The third-order valence-electron chi connectivity index (χ3n) is 2.49. The number of carbonyl (C=O) groups is 1. The van der Waals surface area contributed by atoms with E-state index in [-0.39, 0.29) is 16.3 Å². The first kappa shape index (κ1) is 13.1. The SMILES string of the molecule is Cc1ccc(S(=O)(=O)Nc2ccn[nH]2)cc1C(=O)O. The molecule has 2 aromatic rings. The molecule has 0 spiro atoms. The molecule has 8 heteroatoms. The normalized spacial score (nSPS) is 11.2. The molecule has 0 radical (unpaired) electrons. The Balaban J connectivity index is 2.41. The van der Waals surface area contributed by atoms with Crippen LogP contribution in [-0.4, -0.2) is 29.7 Å². The van der Waals surface area contributed by atoms with Crippen LogP contribution in [0.25, 0.3) is 0 Å². The number of nitrogens with one attached hydrogen (secondary N) is 2. The minimum atomic E-state index is -3.84. The van der Waals surface area contributed by atoms with Crippen molar-refractivity contribution in [2.45, 2.75) is 11.8 Å². The van der Waals surface area contributed by atoms with Crippen molar-refractivity contribution in [1.29, 1.82) is 0 Å². The lowest BCUT2D eigenvalue weighted by molar-refractivity contribution is 0.0696. The Morgan fingerprint density at radius 1 is 1.37 bits per heavy atom. The molecular formula is C11H11N3O4S. The van der Waals surface area contributed by atoms with E-state index in [0.29, 0.717) is 5.56 Å². The summed E-state index contributed by atoms with van der Waals surface area (Å²) < 4.78 is 26.3. The van der Waals surface area contributed by atoms with E-state index in [0.717, 1.165) is 6.07 Å². The second-order valence-electron chi connectivity index (χ2n) is 3.86. The minimum absolute atomic E-state index is 0.0486. The van der Waals surface area contributed by atoms with Gasteiger partial charge in [-0.05, 0) is 24.6 Å². The predicted octanol–water partition coefficient (Wildman–Crippen LogP) is 1.22. The largest absolute Gasteiger partial charge is 0.478 e. The molecule has 2 rings (SSSR count). The third-order valence-corrected chi connectivity index (χ3v) is 3.86. The smallest absolute Gasteiger partial charge is 0.335 e. The van der Waals surface area contributed by atoms with Gasteiger partial charge in [0, 0.05) is 6.07 Å². The van der Waals surface area contributed by atoms with Gasteiger partial charge in [0.15, 0.2) is 0 Å². The van der Waals surface area contributed by atoms with Crippen molar-refractivity contribution in [3.05, 3.63) is 41.6 Å². The van der Waals surface area contributed by atoms with E-state index < -0.39 is 16.0 Å². The minimum Gasteiger partial charge on any atom is -0.478 e. The summed E-state index contributed by atoms with van der Waals surface area (Å²) in [7, 11) is -3.84. The lowest BCUT2D eigenvalue weighted by Crippen LogP contribution is -2.14. The average molecular weight is 281 g/mol. The summed E-state index contributed by atoms with van der Waals surface area (Å²) in [4.78, 5) is 10.9. The molecular weight excluding hydrogens is 270 g/mol. The number of nitrogens with zero attached hydrogens (tertiary/aromatic N) is 1. The van der Waals surface area contributed by atoms with E-state index in [9.17, 15) is 13.2 Å². The van der Waals surface area contributed by atoms with Crippen LogP contribution in [0.15, 0.2) is 35.4 Å². The molecule has 0 saturated heterocycles. The van der Waals surface area contributed by atoms with Gasteiger partial charge in [-0.1, -0.05) is 6.07 Å². The Labute approximate surface area is 109 Å². The number of H-pyrrole nitrogens is 1. The quantitative estimate of drug-likeness (QED) is 0.780. The Bertz CT molecular complexity index is 708. The highest BCUT2D eigenvalue weighted by Gasteiger charge is 2.18. The molecule has 0 aliphatic rings. The zero-order valence-electron chi connectivity index (χ0n) is 9.91. The molecule has 100 valence electrons. The maximum atomic E-state index is 12.0. The monoisotopic (exact) mass is 281 g/mol. The fraction of sp³-hybridized carbons (Fsp3) is 0.0909. The Morgan fingerprint density at radius 3 is 2.68 bits per heavy atom. The molecule has 0 unspecified atom stereocenters. The fourth-order valence-electron chi connectivity index (χ4n) is 1.52. The number of aromatic nitrogens is 2. The molecule has 0 fully saturated rings. The van der Waals surface area contributed by atoms with Crippen molar-refractivity contribution in [2.24, 2.45) is 0 Å². The Hall–Kier alpha value is -2.35. The van der Waals surface area contributed by atoms with Crippen LogP contribution >= 0.6 is 0 Å². The number of anilines is 1. The number of carboxylic acid groups (broad SMARTS) is 1. The summed E-state index contributed by atoms with van der Waals surface area (Å²) in [5.41, 5.74) is 0.445. The van der Waals surface area contributed by atoms with Crippen LogP contribution in [0.2, 0.25) is 0 Å². The lowest BCUT2D eigenvalue weighted by Gasteiger charge is -2.08. The number of benzene rings is 1.